The van der Waals surface area contributed by atoms with Gasteiger partial charge >= 0.3 is 7.82 Å². The maximum absolute atomic E-state index is 13.9. The number of rotatable bonds is 9. The molecule has 3 amide bonds. The van der Waals surface area contributed by atoms with Gasteiger partial charge in [-0.2, -0.15) is 4.57 Å². The number of carbonyl (C=O) groups excluding carboxylic acids is 3. The topological polar surface area (TPSA) is 133 Å². The summed E-state index contributed by atoms with van der Waals surface area (Å²) in [4.78, 5) is 43.0. The van der Waals surface area contributed by atoms with Gasteiger partial charge in [0.2, 0.25) is 17.3 Å². The van der Waals surface area contributed by atoms with E-state index < -0.39 is 42.8 Å². The Morgan fingerprint density at radius 3 is 1.00 bits per heavy atom. The van der Waals surface area contributed by atoms with Gasteiger partial charge < -0.3 is 42.5 Å². The molecule has 3 aliphatic rings. The Hall–Kier alpha value is -1.99. The van der Waals surface area contributed by atoms with Gasteiger partial charge in [0, 0.05) is 39.3 Å². The Morgan fingerprint density at radius 2 is 0.789 bits per heavy atom. The number of nitrogens with zero attached hydrogens (tertiary/aromatic N) is 3. The second kappa shape index (κ2) is 15.0. The fourth-order valence-corrected chi connectivity index (χ4v) is 5.33. The van der Waals surface area contributed by atoms with E-state index in [0.29, 0.717) is 0 Å². The summed E-state index contributed by atoms with van der Waals surface area (Å²) in [5, 5.41) is 0. The second-order valence-corrected chi connectivity index (χ2v) is 9.95. The van der Waals surface area contributed by atoms with Crippen molar-refractivity contribution in [2.45, 2.75) is 0 Å². The summed E-state index contributed by atoms with van der Waals surface area (Å²) in [5.74, 6) is -4.13. The van der Waals surface area contributed by atoms with Crippen LogP contribution in [-0.2, 0) is 46.7 Å². The van der Waals surface area contributed by atoms with Gasteiger partial charge in [0.05, 0.1) is 56.2 Å². The molecular weight excluding hydrogens is 592 g/mol. The van der Waals surface area contributed by atoms with Crippen LogP contribution in [0, 0.1) is 0 Å². The van der Waals surface area contributed by atoms with Crippen molar-refractivity contribution in [2.24, 2.45) is 0 Å². The van der Waals surface area contributed by atoms with E-state index >= 15 is 0 Å². The van der Waals surface area contributed by atoms with E-state index in [-0.39, 0.29) is 78.9 Å². The van der Waals surface area contributed by atoms with Gasteiger partial charge in [-0.25, -0.2) is 0 Å². The molecule has 0 unspecified atom stereocenters. The highest BCUT2D eigenvalue weighted by Crippen LogP contribution is 2.55. The third-order valence-electron chi connectivity index (χ3n) is 5.45. The molecule has 0 aliphatic carbocycles. The molecule has 3 rings (SSSR count). The van der Waals surface area contributed by atoms with Gasteiger partial charge in [-0.3, -0.25) is 14.4 Å². The highest BCUT2D eigenvalue weighted by Gasteiger charge is 2.42. The number of ether oxygens (including phenoxy) is 3. The summed E-state index contributed by atoms with van der Waals surface area (Å²) in [6, 6.07) is 0. The lowest BCUT2D eigenvalue weighted by Gasteiger charge is -2.30. The fourth-order valence-electron chi connectivity index (χ4n) is 3.50. The molecule has 3 aliphatic heterocycles. The molecule has 13 nitrogen and oxygen atoms in total. The number of amides is 3. The summed E-state index contributed by atoms with van der Waals surface area (Å²) >= 11 is 17.5. The van der Waals surface area contributed by atoms with Crippen LogP contribution in [0.3, 0.4) is 0 Å². The van der Waals surface area contributed by atoms with E-state index in [9.17, 15) is 18.9 Å². The van der Waals surface area contributed by atoms with Crippen LogP contribution in [-0.4, -0.2) is 111 Å². The van der Waals surface area contributed by atoms with Crippen LogP contribution < -0.4 is 0 Å². The van der Waals surface area contributed by atoms with Crippen LogP contribution in [0.4, 0.5) is 0 Å². The Kier molecular flexibility index (Phi) is 12.0. The zero-order valence-corrected chi connectivity index (χ0v) is 23.4. The molecule has 212 valence electrons. The van der Waals surface area contributed by atoms with Crippen molar-refractivity contribution in [3.63, 3.8) is 0 Å². The average Bonchev–Trinajstić information content (AvgIpc) is 2.98. The highest BCUT2D eigenvalue weighted by molar-refractivity contribution is 7.49. The van der Waals surface area contributed by atoms with Crippen LogP contribution in [0.25, 0.3) is 0 Å². The Balaban J connectivity index is 1.86. The SMILES string of the molecule is O=C(/C(=C\Cl)OP(=O)(O/C(=C/Cl)C(=O)N1CCOCC1)O/C(=C/Cl)C(=O)N1CCOCC1)N1CCOCC1. The minimum absolute atomic E-state index is 0.215. The van der Waals surface area contributed by atoms with Crippen molar-refractivity contribution in [1.82, 2.24) is 14.7 Å². The first-order chi connectivity index (χ1) is 18.3. The van der Waals surface area contributed by atoms with Crippen molar-refractivity contribution in [2.75, 3.05) is 78.9 Å². The van der Waals surface area contributed by atoms with Crippen LogP contribution in [0.1, 0.15) is 0 Å². The number of phosphoric acid groups is 1. The van der Waals surface area contributed by atoms with Gasteiger partial charge in [0.1, 0.15) is 0 Å². The van der Waals surface area contributed by atoms with Crippen LogP contribution >= 0.6 is 42.6 Å². The quantitative estimate of drug-likeness (QED) is 0.215. The predicted octanol–water partition coefficient (Wildman–Crippen LogP) is 1.96. The van der Waals surface area contributed by atoms with E-state index in [1.54, 1.807) is 0 Å². The number of carbonyl (C=O) groups is 3. The van der Waals surface area contributed by atoms with Crippen molar-refractivity contribution >= 4 is 60.3 Å². The summed E-state index contributed by atoms with van der Waals surface area (Å²) in [7, 11) is -5.05. The number of hydrogen-bond acceptors (Lipinski definition) is 10. The summed E-state index contributed by atoms with van der Waals surface area (Å²) in [5.41, 5.74) is 2.21. The molecule has 3 heterocycles. The highest BCUT2D eigenvalue weighted by atomic mass is 35.5. The molecule has 0 aromatic heterocycles. The molecule has 38 heavy (non-hydrogen) atoms. The first kappa shape index (κ1) is 30.6. The largest absolute Gasteiger partial charge is 0.647 e. The van der Waals surface area contributed by atoms with E-state index in [0.717, 1.165) is 16.6 Å². The molecule has 3 fully saturated rings. The molecule has 0 aromatic carbocycles. The number of phosphoric ester groups is 1. The van der Waals surface area contributed by atoms with E-state index in [1.165, 1.54) is 14.7 Å². The minimum Gasteiger partial charge on any atom is -0.379 e. The molecule has 0 N–H and O–H groups in total. The normalized spacial score (nSPS) is 20.2. The monoisotopic (exact) mass is 617 g/mol. The Morgan fingerprint density at radius 1 is 0.553 bits per heavy atom. The smallest absolute Gasteiger partial charge is 0.379 e. The lowest BCUT2D eigenvalue weighted by molar-refractivity contribution is -0.134. The minimum atomic E-state index is -5.05. The molecule has 0 spiro atoms. The maximum Gasteiger partial charge on any atom is 0.647 e. The molecule has 3 saturated heterocycles. The number of halogens is 3. The van der Waals surface area contributed by atoms with Crippen molar-refractivity contribution < 1.29 is 46.7 Å². The summed E-state index contributed by atoms with van der Waals surface area (Å²) in [6.07, 6.45) is 0. The van der Waals surface area contributed by atoms with Crippen molar-refractivity contribution in [3.8, 4) is 0 Å². The zero-order valence-electron chi connectivity index (χ0n) is 20.2. The maximum atomic E-state index is 13.9. The standard InChI is InChI=1S/C21H27Cl3N3O10P/c22-13-16(19(28)25-1-7-32-8-2-25)35-38(31,36-17(14-23)20(29)26-3-9-33-10-4-26)37-18(15-24)21(30)27-5-11-34-12-6-27/h13-15H,1-12H2/b16-13+,17-14+,18-15+. The third-order valence-corrected chi connectivity index (χ3v) is 7.31. The fraction of sp³-hybridized carbons (Fsp3) is 0.571. The molecule has 17 heteroatoms. The molecule has 0 aromatic rings. The predicted molar refractivity (Wildman–Crippen MR) is 135 cm³/mol. The average molecular weight is 619 g/mol. The first-order valence-corrected chi connectivity index (χ1v) is 14.3. The van der Waals surface area contributed by atoms with Crippen molar-refractivity contribution in [3.05, 3.63) is 33.9 Å². The number of hydrogen-bond donors (Lipinski definition) is 0. The number of morpholine rings is 3. The van der Waals surface area contributed by atoms with Crippen LogP contribution in [0.5, 0.6) is 0 Å². The Labute approximate surface area is 234 Å². The van der Waals surface area contributed by atoms with E-state index in [2.05, 4.69) is 0 Å². The lowest BCUT2D eigenvalue weighted by atomic mass is 10.4. The Bertz CT molecular complexity index is 883. The zero-order chi connectivity index (χ0) is 27.5. The van der Waals surface area contributed by atoms with Crippen LogP contribution in [0.15, 0.2) is 33.9 Å². The molecule has 0 radical (unpaired) electrons. The van der Waals surface area contributed by atoms with E-state index in [1.807, 2.05) is 0 Å². The molecular formula is C21H27Cl3N3O10P. The second-order valence-electron chi connectivity index (χ2n) is 7.85. The molecule has 0 bridgehead atoms. The lowest BCUT2D eigenvalue weighted by Crippen LogP contribution is -2.42. The summed E-state index contributed by atoms with van der Waals surface area (Å²) < 4.78 is 45.7. The van der Waals surface area contributed by atoms with Gasteiger partial charge in [-0.15, -0.1) is 0 Å². The van der Waals surface area contributed by atoms with Crippen molar-refractivity contribution in [1.29, 1.82) is 0 Å². The van der Waals surface area contributed by atoms with E-state index in [4.69, 9.17) is 62.6 Å². The van der Waals surface area contributed by atoms with Gasteiger partial charge in [-0.05, 0) is 0 Å². The molecule has 0 saturated carbocycles. The third kappa shape index (κ3) is 8.25. The van der Waals surface area contributed by atoms with Crippen LogP contribution in [0.2, 0.25) is 0 Å². The summed E-state index contributed by atoms with van der Waals surface area (Å²) in [6.45, 7) is 2.91. The van der Waals surface area contributed by atoms with Gasteiger partial charge in [0.15, 0.2) is 0 Å². The van der Waals surface area contributed by atoms with Gasteiger partial charge in [-0.1, -0.05) is 34.8 Å². The molecule has 0 atom stereocenters. The first-order valence-electron chi connectivity index (χ1n) is 11.5. The van der Waals surface area contributed by atoms with Gasteiger partial charge in [0.25, 0.3) is 17.7 Å².